The number of aromatic nitrogens is 2. The molecule has 8 nitrogen and oxygen atoms in total. The van der Waals surface area contributed by atoms with Crippen molar-refractivity contribution in [2.75, 3.05) is 19.7 Å². The van der Waals surface area contributed by atoms with Gasteiger partial charge in [0.15, 0.2) is 5.69 Å². The molecule has 0 aliphatic carbocycles. The van der Waals surface area contributed by atoms with E-state index in [1.165, 1.54) is 6.42 Å². The van der Waals surface area contributed by atoms with E-state index in [9.17, 15) is 13.2 Å². The number of nitrogens with zero attached hydrogens (tertiary/aromatic N) is 3. The van der Waals surface area contributed by atoms with Gasteiger partial charge in [-0.05, 0) is 81.8 Å². The molecular formula is C34H38Cl2N4O4S. The van der Waals surface area contributed by atoms with Crippen molar-refractivity contribution in [1.82, 2.24) is 20.2 Å². The summed E-state index contributed by atoms with van der Waals surface area (Å²) in [6.45, 7) is 5.61. The molecule has 5 rings (SSSR count). The van der Waals surface area contributed by atoms with Crippen LogP contribution in [0.15, 0.2) is 71.6 Å². The minimum absolute atomic E-state index is 0.152. The van der Waals surface area contributed by atoms with Crippen molar-refractivity contribution < 1.29 is 17.4 Å². The van der Waals surface area contributed by atoms with Crippen LogP contribution in [0.3, 0.4) is 0 Å². The molecule has 3 aromatic carbocycles. The van der Waals surface area contributed by atoms with Crippen LogP contribution in [0.2, 0.25) is 10.0 Å². The Bertz CT molecular complexity index is 1730. The third kappa shape index (κ3) is 8.34. The van der Waals surface area contributed by atoms with Crippen molar-refractivity contribution in [3.8, 4) is 16.9 Å². The van der Waals surface area contributed by atoms with Gasteiger partial charge in [-0.1, -0.05) is 78.0 Å². The normalized spacial score (nSPS) is 14.0. The molecule has 11 heteroatoms. The molecule has 1 aliphatic rings. The van der Waals surface area contributed by atoms with E-state index in [0.717, 1.165) is 73.1 Å². The molecule has 1 saturated heterocycles. The van der Waals surface area contributed by atoms with Crippen LogP contribution in [0.5, 0.6) is 0 Å². The van der Waals surface area contributed by atoms with Crippen LogP contribution in [0, 0.1) is 13.8 Å². The van der Waals surface area contributed by atoms with Crippen LogP contribution in [0.1, 0.15) is 65.7 Å². The lowest BCUT2D eigenvalue weighted by atomic mass is 10.0. The maximum Gasteiger partial charge on any atom is 0.296 e. The molecule has 0 saturated carbocycles. The molecule has 1 amide bonds. The predicted molar refractivity (Wildman–Crippen MR) is 179 cm³/mol. The number of hydrazine groups is 1. The van der Waals surface area contributed by atoms with Crippen LogP contribution in [0.4, 0.5) is 0 Å². The number of rotatable bonds is 12. The van der Waals surface area contributed by atoms with E-state index in [1.54, 1.807) is 47.1 Å². The largest absolute Gasteiger partial charge is 0.296 e. The first-order valence-corrected chi connectivity index (χ1v) is 17.5. The number of benzene rings is 3. The van der Waals surface area contributed by atoms with E-state index in [2.05, 4.69) is 17.6 Å². The highest BCUT2D eigenvalue weighted by Gasteiger charge is 2.25. The summed E-state index contributed by atoms with van der Waals surface area (Å²) >= 11 is 12.8. The zero-order chi connectivity index (χ0) is 32.0. The van der Waals surface area contributed by atoms with Gasteiger partial charge in [0.2, 0.25) is 0 Å². The summed E-state index contributed by atoms with van der Waals surface area (Å²) < 4.78 is 31.7. The van der Waals surface area contributed by atoms with Gasteiger partial charge in [-0.3, -0.25) is 14.4 Å². The fraction of sp³-hybridized carbons (Fsp3) is 0.353. The quantitative estimate of drug-likeness (QED) is 0.123. The van der Waals surface area contributed by atoms with Crippen molar-refractivity contribution in [2.24, 2.45) is 0 Å². The number of nitrogens with one attached hydrogen (secondary N) is 1. The Balaban J connectivity index is 1.25. The molecule has 0 bridgehead atoms. The van der Waals surface area contributed by atoms with E-state index in [1.807, 2.05) is 31.0 Å². The summed E-state index contributed by atoms with van der Waals surface area (Å²) in [6, 6.07) is 20.1. The first-order chi connectivity index (χ1) is 21.6. The molecule has 45 heavy (non-hydrogen) atoms. The van der Waals surface area contributed by atoms with E-state index < -0.39 is 10.1 Å². The van der Waals surface area contributed by atoms with Crippen LogP contribution >= 0.6 is 23.2 Å². The molecule has 2 heterocycles. The Labute approximate surface area is 275 Å². The Morgan fingerprint density at radius 3 is 2.31 bits per heavy atom. The summed E-state index contributed by atoms with van der Waals surface area (Å²) in [6.07, 6.45) is 6.49. The monoisotopic (exact) mass is 668 g/mol. The number of carbonyl (C=O) groups excluding carboxylic acids is 1. The van der Waals surface area contributed by atoms with E-state index in [0.29, 0.717) is 27.8 Å². The molecule has 0 atom stereocenters. The van der Waals surface area contributed by atoms with Gasteiger partial charge in [-0.25, -0.2) is 9.69 Å². The molecular weight excluding hydrogens is 631 g/mol. The van der Waals surface area contributed by atoms with Crippen molar-refractivity contribution in [2.45, 2.75) is 63.7 Å². The molecule has 238 valence electrons. The standard InChI is InChI=1S/C34H38Cl2N4O4S/c1-24-10-17-29(18-11-24)45(42,43)44-22-8-3-5-9-26-12-14-27(15-13-26)33-25(2)32(34(41)38-39-20-6-4-7-21-39)37-40(33)31-19-16-28(35)23-30(31)36/h10-19,23H,3-9,20-22H2,1-2H3,(H,38,41). The van der Waals surface area contributed by atoms with Gasteiger partial charge in [0.25, 0.3) is 16.0 Å². The lowest BCUT2D eigenvalue weighted by molar-refractivity contribution is 0.0743. The van der Waals surface area contributed by atoms with Crippen LogP contribution in [-0.2, 0) is 20.7 Å². The molecule has 4 aromatic rings. The molecule has 1 N–H and O–H groups in total. The number of unbranched alkanes of at least 4 members (excludes halogenated alkanes) is 2. The average Bonchev–Trinajstić information content (AvgIpc) is 3.36. The highest BCUT2D eigenvalue weighted by Crippen LogP contribution is 2.33. The Morgan fingerprint density at radius 2 is 1.62 bits per heavy atom. The molecule has 0 spiro atoms. The maximum absolute atomic E-state index is 13.4. The van der Waals surface area contributed by atoms with Crippen LogP contribution in [0.25, 0.3) is 16.9 Å². The topological polar surface area (TPSA) is 93.5 Å². The third-order valence-corrected chi connectivity index (χ3v) is 9.84. The second kappa shape index (κ2) is 14.9. The van der Waals surface area contributed by atoms with Gasteiger partial charge < -0.3 is 0 Å². The number of aryl methyl sites for hydroxylation is 2. The number of carbonyl (C=O) groups is 1. The first-order valence-electron chi connectivity index (χ1n) is 15.3. The van der Waals surface area contributed by atoms with Crippen molar-refractivity contribution in [3.63, 3.8) is 0 Å². The minimum atomic E-state index is -3.74. The minimum Gasteiger partial charge on any atom is -0.283 e. The summed E-state index contributed by atoms with van der Waals surface area (Å²) in [7, 11) is -3.74. The Hall–Kier alpha value is -3.21. The average molecular weight is 670 g/mol. The smallest absolute Gasteiger partial charge is 0.283 e. The summed E-state index contributed by atoms with van der Waals surface area (Å²) in [5.74, 6) is -0.244. The van der Waals surface area contributed by atoms with Gasteiger partial charge in [0.05, 0.1) is 27.9 Å². The Kier molecular flexibility index (Phi) is 11.0. The van der Waals surface area contributed by atoms with E-state index in [4.69, 9.17) is 32.5 Å². The maximum atomic E-state index is 13.4. The lowest BCUT2D eigenvalue weighted by Gasteiger charge is -2.26. The summed E-state index contributed by atoms with van der Waals surface area (Å²) in [5, 5.41) is 7.66. The first kappa shape index (κ1) is 33.2. The fourth-order valence-corrected chi connectivity index (χ4v) is 6.89. The molecule has 1 aromatic heterocycles. The van der Waals surface area contributed by atoms with E-state index >= 15 is 0 Å². The van der Waals surface area contributed by atoms with Crippen LogP contribution in [-0.4, -0.2) is 48.8 Å². The summed E-state index contributed by atoms with van der Waals surface area (Å²) in [5.41, 5.74) is 8.59. The zero-order valence-corrected chi connectivity index (χ0v) is 27.9. The molecule has 1 aliphatic heterocycles. The van der Waals surface area contributed by atoms with Crippen molar-refractivity contribution >= 4 is 39.2 Å². The van der Waals surface area contributed by atoms with Gasteiger partial charge in [-0.15, -0.1) is 0 Å². The van der Waals surface area contributed by atoms with Gasteiger partial charge in [0.1, 0.15) is 0 Å². The fourth-order valence-electron chi connectivity index (χ4n) is 5.46. The SMILES string of the molecule is Cc1ccc(S(=O)(=O)OCCCCCc2ccc(-c3c(C)c(C(=O)NN4CCCCC4)nn3-c3ccc(Cl)cc3Cl)cc2)cc1. The Morgan fingerprint density at radius 1 is 0.911 bits per heavy atom. The molecule has 1 fully saturated rings. The third-order valence-electron chi connectivity index (χ3n) is 7.98. The second-order valence-corrected chi connectivity index (χ2v) is 13.9. The van der Waals surface area contributed by atoms with Crippen molar-refractivity contribution in [1.29, 1.82) is 0 Å². The zero-order valence-electron chi connectivity index (χ0n) is 25.6. The highest BCUT2D eigenvalue weighted by atomic mass is 35.5. The number of amides is 1. The van der Waals surface area contributed by atoms with Crippen molar-refractivity contribution in [3.05, 3.63) is 99.2 Å². The second-order valence-electron chi connectivity index (χ2n) is 11.4. The van der Waals surface area contributed by atoms with Gasteiger partial charge in [0, 0.05) is 29.2 Å². The molecule has 0 radical (unpaired) electrons. The number of hydrogen-bond donors (Lipinski definition) is 1. The highest BCUT2D eigenvalue weighted by molar-refractivity contribution is 7.86. The predicted octanol–water partition coefficient (Wildman–Crippen LogP) is 7.71. The van der Waals surface area contributed by atoms with Crippen LogP contribution < -0.4 is 5.43 Å². The van der Waals surface area contributed by atoms with Gasteiger partial charge in [-0.2, -0.15) is 13.5 Å². The van der Waals surface area contributed by atoms with Gasteiger partial charge >= 0.3 is 0 Å². The number of piperidine rings is 1. The number of hydrogen-bond acceptors (Lipinski definition) is 6. The molecule has 0 unspecified atom stereocenters. The van der Waals surface area contributed by atoms with E-state index in [-0.39, 0.29) is 17.4 Å². The summed E-state index contributed by atoms with van der Waals surface area (Å²) in [4.78, 5) is 13.5. The number of halogens is 2. The lowest BCUT2D eigenvalue weighted by Crippen LogP contribution is -2.45.